The summed E-state index contributed by atoms with van der Waals surface area (Å²) in [6.07, 6.45) is 1.79. The van der Waals surface area contributed by atoms with Crippen LogP contribution in [0.2, 0.25) is 0 Å². The number of piperazine rings is 1. The third-order valence-electron chi connectivity index (χ3n) is 5.17. The van der Waals surface area contributed by atoms with Gasteiger partial charge in [-0.2, -0.15) is 0 Å². The third kappa shape index (κ3) is 4.63. The molecular weight excluding hydrogens is 376 g/mol. The largest absolute Gasteiger partial charge is 0.496 e. The summed E-state index contributed by atoms with van der Waals surface area (Å²) in [5, 5.41) is 11.4. The molecule has 1 fully saturated rings. The first-order valence-corrected chi connectivity index (χ1v) is 10.1. The molecule has 7 heteroatoms. The number of benzene rings is 2. The van der Waals surface area contributed by atoms with E-state index in [4.69, 9.17) is 4.74 Å². The fourth-order valence-electron chi connectivity index (χ4n) is 3.45. The minimum atomic E-state index is 0.430. The number of anilines is 3. The van der Waals surface area contributed by atoms with Crippen molar-refractivity contribution in [1.29, 1.82) is 0 Å². The maximum Gasteiger partial charge on any atom is 0.123 e. The summed E-state index contributed by atoms with van der Waals surface area (Å²) in [6.45, 7) is 7.99. The second-order valence-corrected chi connectivity index (χ2v) is 7.38. The van der Waals surface area contributed by atoms with Gasteiger partial charge >= 0.3 is 0 Å². The lowest BCUT2D eigenvalue weighted by molar-refractivity contribution is 0.412. The first-order chi connectivity index (χ1) is 14.6. The number of nitrogens with one attached hydrogen (secondary N) is 2. The van der Waals surface area contributed by atoms with E-state index in [0.29, 0.717) is 5.95 Å². The van der Waals surface area contributed by atoms with E-state index < -0.39 is 0 Å². The van der Waals surface area contributed by atoms with E-state index in [1.165, 1.54) is 5.69 Å². The average Bonchev–Trinajstić information content (AvgIpc) is 2.78. The predicted molar refractivity (Wildman–Crippen MR) is 122 cm³/mol. The van der Waals surface area contributed by atoms with Crippen molar-refractivity contribution in [3.8, 4) is 5.75 Å². The quantitative estimate of drug-likeness (QED) is 0.627. The summed E-state index contributed by atoms with van der Waals surface area (Å²) in [5.74, 6) is 1.99. The van der Waals surface area contributed by atoms with E-state index in [2.05, 4.69) is 43.0 Å². The van der Waals surface area contributed by atoms with Crippen LogP contribution in [0.4, 0.5) is 28.8 Å². The van der Waals surface area contributed by atoms with Crippen LogP contribution in [-0.4, -0.2) is 43.3 Å². The van der Waals surface area contributed by atoms with Gasteiger partial charge in [0.1, 0.15) is 5.75 Å². The minimum Gasteiger partial charge on any atom is -0.496 e. The standard InChI is InChI=1S/C23H27N6O/c1-16-7-8-19(14-21(16)30-3)26-22-17(2)15-25-23(28-22)27-18-5-4-6-20(13-18)29-11-9-24-10-12-29/h4-8,13-15,24H,9-12H2,1-3H3,(H-,25,26,27,28)/q-1. The topological polar surface area (TPSA) is 76.4 Å². The van der Waals surface area contributed by atoms with Gasteiger partial charge in [-0.15, -0.1) is 0 Å². The number of hydrogen-bond donors (Lipinski definition) is 2. The average molecular weight is 404 g/mol. The Morgan fingerprint density at radius 3 is 2.70 bits per heavy atom. The number of aromatic nitrogens is 2. The van der Waals surface area contributed by atoms with Crippen LogP contribution in [0, 0.1) is 13.8 Å². The number of hydrogen-bond acceptors (Lipinski definition) is 6. The monoisotopic (exact) mass is 403 g/mol. The van der Waals surface area contributed by atoms with Gasteiger partial charge in [-0.1, -0.05) is 18.2 Å². The maximum absolute atomic E-state index is 5.42. The summed E-state index contributed by atoms with van der Waals surface area (Å²) < 4.78 is 5.42. The summed E-state index contributed by atoms with van der Waals surface area (Å²) in [6, 6.07) is 14.2. The van der Waals surface area contributed by atoms with Crippen molar-refractivity contribution in [2.24, 2.45) is 0 Å². The molecule has 4 rings (SSSR count). The van der Waals surface area contributed by atoms with E-state index in [-0.39, 0.29) is 0 Å². The van der Waals surface area contributed by atoms with Crippen molar-refractivity contribution in [2.45, 2.75) is 13.8 Å². The van der Waals surface area contributed by atoms with E-state index >= 15 is 0 Å². The van der Waals surface area contributed by atoms with Gasteiger partial charge in [0, 0.05) is 49.6 Å². The normalized spacial score (nSPS) is 13.8. The molecule has 2 heterocycles. The summed E-state index contributed by atoms with van der Waals surface area (Å²) in [7, 11) is 1.67. The van der Waals surface area contributed by atoms with E-state index in [9.17, 15) is 0 Å². The molecule has 7 nitrogen and oxygen atoms in total. The Balaban J connectivity index is 1.52. The van der Waals surface area contributed by atoms with Gasteiger partial charge in [-0.25, -0.2) is 0 Å². The van der Waals surface area contributed by atoms with Gasteiger partial charge in [0.05, 0.1) is 12.9 Å². The highest BCUT2D eigenvalue weighted by Crippen LogP contribution is 2.32. The molecule has 2 aromatic carbocycles. The highest BCUT2D eigenvalue weighted by Gasteiger charge is 2.10. The lowest BCUT2D eigenvalue weighted by Gasteiger charge is -2.30. The second-order valence-electron chi connectivity index (χ2n) is 7.38. The zero-order valence-electron chi connectivity index (χ0n) is 17.6. The number of methoxy groups -OCH3 is 1. The Hall–Kier alpha value is -3.32. The van der Waals surface area contributed by atoms with Crippen molar-refractivity contribution in [3.63, 3.8) is 0 Å². The van der Waals surface area contributed by atoms with Gasteiger partial charge in [0.25, 0.3) is 0 Å². The minimum absolute atomic E-state index is 0.430. The van der Waals surface area contributed by atoms with Crippen LogP contribution in [0.5, 0.6) is 5.75 Å². The van der Waals surface area contributed by atoms with Gasteiger partial charge < -0.3 is 35.6 Å². The predicted octanol–water partition coefficient (Wildman–Crippen LogP) is 4.59. The molecule has 3 aromatic rings. The van der Waals surface area contributed by atoms with Gasteiger partial charge in [0.2, 0.25) is 0 Å². The molecule has 1 aliphatic rings. The van der Waals surface area contributed by atoms with Crippen molar-refractivity contribution >= 4 is 28.8 Å². The summed E-state index contributed by atoms with van der Waals surface area (Å²) >= 11 is 0. The lowest BCUT2D eigenvalue weighted by atomic mass is 10.2. The number of nitrogens with zero attached hydrogens (tertiary/aromatic N) is 4. The molecule has 0 aliphatic carbocycles. The van der Waals surface area contributed by atoms with E-state index in [0.717, 1.165) is 60.2 Å². The van der Waals surface area contributed by atoms with E-state index in [1.807, 2.05) is 44.2 Å². The number of aryl methyl sites for hydroxylation is 2. The van der Waals surface area contributed by atoms with Crippen LogP contribution in [-0.2, 0) is 0 Å². The molecule has 156 valence electrons. The zero-order valence-corrected chi connectivity index (χ0v) is 17.6. The Morgan fingerprint density at radius 1 is 1.07 bits per heavy atom. The molecule has 0 saturated carbocycles. The van der Waals surface area contributed by atoms with Crippen LogP contribution >= 0.6 is 0 Å². The van der Waals surface area contributed by atoms with Crippen LogP contribution < -0.4 is 20.3 Å². The molecular formula is C23H27N6O-. The van der Waals surface area contributed by atoms with Crippen molar-refractivity contribution in [2.75, 3.05) is 43.5 Å². The van der Waals surface area contributed by atoms with Gasteiger partial charge in [0.15, 0.2) is 0 Å². The molecule has 0 amide bonds. The summed E-state index contributed by atoms with van der Waals surface area (Å²) in [5.41, 5.74) is 4.96. The van der Waals surface area contributed by atoms with Gasteiger partial charge in [-0.3, -0.25) is 0 Å². The van der Waals surface area contributed by atoms with Crippen molar-refractivity contribution < 1.29 is 4.74 Å². The second kappa shape index (κ2) is 9.00. The van der Waals surface area contributed by atoms with Crippen LogP contribution in [0.3, 0.4) is 0 Å². The highest BCUT2D eigenvalue weighted by atomic mass is 16.5. The maximum atomic E-state index is 5.42. The zero-order chi connectivity index (χ0) is 20.9. The first-order valence-electron chi connectivity index (χ1n) is 10.1. The smallest absolute Gasteiger partial charge is 0.123 e. The summed E-state index contributed by atoms with van der Waals surface area (Å²) in [4.78, 5) is 11.4. The molecule has 0 bridgehead atoms. The van der Waals surface area contributed by atoms with Crippen LogP contribution in [0.15, 0.2) is 48.7 Å². The molecule has 0 spiro atoms. The third-order valence-corrected chi connectivity index (χ3v) is 5.17. The van der Waals surface area contributed by atoms with Gasteiger partial charge in [-0.05, 0) is 55.1 Å². The Labute approximate surface area is 177 Å². The lowest BCUT2D eigenvalue weighted by Crippen LogP contribution is -2.43. The molecule has 30 heavy (non-hydrogen) atoms. The fourth-order valence-corrected chi connectivity index (χ4v) is 3.45. The van der Waals surface area contributed by atoms with Crippen LogP contribution in [0.1, 0.15) is 11.1 Å². The highest BCUT2D eigenvalue weighted by molar-refractivity contribution is 5.69. The van der Waals surface area contributed by atoms with Crippen molar-refractivity contribution in [1.82, 2.24) is 15.3 Å². The number of rotatable bonds is 6. The molecule has 1 saturated heterocycles. The number of ether oxygens (including phenoxy) is 1. The van der Waals surface area contributed by atoms with E-state index in [1.54, 1.807) is 13.3 Å². The molecule has 0 unspecified atom stereocenters. The molecule has 2 N–H and O–H groups in total. The fraction of sp³-hybridized carbons (Fsp3) is 0.304. The molecule has 0 radical (unpaired) electrons. The van der Waals surface area contributed by atoms with Crippen LogP contribution in [0.25, 0.3) is 5.32 Å². The molecule has 1 aliphatic heterocycles. The molecule has 0 atom stereocenters. The Bertz CT molecular complexity index is 1020. The molecule has 1 aromatic heterocycles. The Morgan fingerprint density at radius 2 is 1.90 bits per heavy atom. The Kier molecular flexibility index (Phi) is 5.99. The van der Waals surface area contributed by atoms with Crippen molar-refractivity contribution in [3.05, 3.63) is 65.1 Å². The SMILES string of the molecule is COc1cc(Nc2nc([N-]c3cccc(N4CCNCC4)c3)ncc2C)ccc1C. The first kappa shape index (κ1) is 20.0.